The van der Waals surface area contributed by atoms with E-state index in [9.17, 15) is 14.4 Å². The molecule has 17 heavy (non-hydrogen) atoms. The van der Waals surface area contributed by atoms with Gasteiger partial charge >= 0.3 is 5.97 Å². The Balaban J connectivity index is 2.82. The first-order chi connectivity index (χ1) is 7.76. The molecule has 0 fully saturated rings. The fourth-order valence-electron chi connectivity index (χ4n) is 1.40. The van der Waals surface area contributed by atoms with Gasteiger partial charge in [-0.3, -0.25) is 14.5 Å². The molecule has 94 valence electrons. The van der Waals surface area contributed by atoms with Crippen molar-refractivity contribution in [3.63, 3.8) is 0 Å². The largest absolute Gasteiger partial charge is 0.458 e. The molecule has 1 atom stereocenters. The molecule has 6 nitrogen and oxygen atoms in total. The quantitative estimate of drug-likeness (QED) is 0.534. The summed E-state index contributed by atoms with van der Waals surface area (Å²) < 4.78 is 5.11. The Labute approximate surface area is 99.4 Å². The second kappa shape index (κ2) is 4.67. The Morgan fingerprint density at radius 3 is 2.18 bits per heavy atom. The first kappa shape index (κ1) is 13.4. The molecule has 0 bridgehead atoms. The first-order valence-electron chi connectivity index (χ1n) is 5.24. The molecule has 0 aromatic rings. The van der Waals surface area contributed by atoms with Gasteiger partial charge in [-0.05, 0) is 20.8 Å². The van der Waals surface area contributed by atoms with Crippen LogP contribution in [0, 0.1) is 0 Å². The van der Waals surface area contributed by atoms with E-state index in [-0.39, 0.29) is 6.54 Å². The summed E-state index contributed by atoms with van der Waals surface area (Å²) in [5, 5.41) is 0. The van der Waals surface area contributed by atoms with Crippen molar-refractivity contribution in [2.45, 2.75) is 32.4 Å². The summed E-state index contributed by atoms with van der Waals surface area (Å²) in [5.74, 6) is -1.77. The lowest BCUT2D eigenvalue weighted by molar-refractivity contribution is -0.165. The molecule has 0 spiro atoms. The molecule has 1 rings (SSSR count). The van der Waals surface area contributed by atoms with Crippen LogP contribution < -0.4 is 5.73 Å². The van der Waals surface area contributed by atoms with Gasteiger partial charge in [-0.1, -0.05) is 0 Å². The predicted octanol–water partition coefficient (Wildman–Crippen LogP) is -0.420. The summed E-state index contributed by atoms with van der Waals surface area (Å²) >= 11 is 0. The number of amides is 2. The van der Waals surface area contributed by atoms with Crippen molar-refractivity contribution in [1.29, 1.82) is 0 Å². The molecular formula is C11H16N2O4. The molecule has 1 aliphatic rings. The highest BCUT2D eigenvalue weighted by atomic mass is 16.6. The van der Waals surface area contributed by atoms with Gasteiger partial charge in [0.1, 0.15) is 11.6 Å². The Kier molecular flexibility index (Phi) is 3.67. The Bertz CT molecular complexity index is 363. The SMILES string of the molecule is CC(C)(C)OC(=O)[C@H](CN)N1C(=O)C=CC1=O. The number of nitrogens with zero attached hydrogens (tertiary/aromatic N) is 1. The van der Waals surface area contributed by atoms with E-state index in [1.807, 2.05) is 0 Å². The van der Waals surface area contributed by atoms with Crippen molar-refractivity contribution in [2.75, 3.05) is 6.54 Å². The fraction of sp³-hybridized carbons (Fsp3) is 0.545. The van der Waals surface area contributed by atoms with Crippen LogP contribution in [0.1, 0.15) is 20.8 Å². The maximum absolute atomic E-state index is 11.8. The number of imide groups is 1. The summed E-state index contributed by atoms with van der Waals surface area (Å²) in [6.45, 7) is 4.94. The van der Waals surface area contributed by atoms with E-state index in [0.717, 1.165) is 17.1 Å². The lowest BCUT2D eigenvalue weighted by atomic mass is 10.2. The molecular weight excluding hydrogens is 224 g/mol. The molecule has 0 aliphatic carbocycles. The monoisotopic (exact) mass is 240 g/mol. The van der Waals surface area contributed by atoms with E-state index in [1.165, 1.54) is 0 Å². The minimum Gasteiger partial charge on any atom is -0.458 e. The van der Waals surface area contributed by atoms with Crippen molar-refractivity contribution < 1.29 is 19.1 Å². The van der Waals surface area contributed by atoms with Gasteiger partial charge in [0, 0.05) is 18.7 Å². The number of carbonyl (C=O) groups excluding carboxylic acids is 3. The maximum atomic E-state index is 11.8. The summed E-state index contributed by atoms with van der Waals surface area (Å²) in [4.78, 5) is 35.4. The van der Waals surface area contributed by atoms with Crippen molar-refractivity contribution in [3.05, 3.63) is 12.2 Å². The van der Waals surface area contributed by atoms with Crippen molar-refractivity contribution in [2.24, 2.45) is 5.73 Å². The highest BCUT2D eigenvalue weighted by molar-refractivity contribution is 6.14. The summed E-state index contributed by atoms with van der Waals surface area (Å²) in [6, 6.07) is -1.07. The summed E-state index contributed by atoms with van der Waals surface area (Å²) in [7, 11) is 0. The van der Waals surface area contributed by atoms with Crippen LogP contribution in [0.25, 0.3) is 0 Å². The standard InChI is InChI=1S/C11H16N2O4/c1-11(2,3)17-10(16)7(6-12)13-8(14)4-5-9(13)15/h4-5,7H,6,12H2,1-3H3/t7-/m0/s1. The minimum absolute atomic E-state index is 0.159. The molecule has 2 amide bonds. The molecule has 2 N–H and O–H groups in total. The molecule has 0 saturated carbocycles. The molecule has 1 aliphatic heterocycles. The normalized spacial score (nSPS) is 17.5. The zero-order valence-corrected chi connectivity index (χ0v) is 10.1. The highest BCUT2D eigenvalue weighted by Gasteiger charge is 2.37. The number of hydrogen-bond donors (Lipinski definition) is 1. The van der Waals surface area contributed by atoms with Gasteiger partial charge in [-0.15, -0.1) is 0 Å². The Morgan fingerprint density at radius 1 is 1.35 bits per heavy atom. The number of nitrogens with two attached hydrogens (primary N) is 1. The number of carbonyl (C=O) groups is 3. The van der Waals surface area contributed by atoms with Gasteiger partial charge in [0.2, 0.25) is 0 Å². The fourth-order valence-corrected chi connectivity index (χ4v) is 1.40. The molecule has 0 aromatic heterocycles. The number of esters is 1. The number of rotatable bonds is 3. The van der Waals surface area contributed by atoms with E-state index < -0.39 is 29.4 Å². The Hall–Kier alpha value is -1.69. The topological polar surface area (TPSA) is 89.7 Å². The average Bonchev–Trinajstić information content (AvgIpc) is 2.47. The third kappa shape index (κ3) is 3.13. The van der Waals surface area contributed by atoms with E-state index in [4.69, 9.17) is 10.5 Å². The van der Waals surface area contributed by atoms with Crippen LogP contribution in [-0.2, 0) is 19.1 Å². The highest BCUT2D eigenvalue weighted by Crippen LogP contribution is 2.14. The van der Waals surface area contributed by atoms with Crippen LogP contribution in [0.3, 0.4) is 0 Å². The van der Waals surface area contributed by atoms with Crippen molar-refractivity contribution in [1.82, 2.24) is 4.90 Å². The molecule has 0 radical (unpaired) electrons. The van der Waals surface area contributed by atoms with Gasteiger partial charge < -0.3 is 10.5 Å². The lowest BCUT2D eigenvalue weighted by Crippen LogP contribution is -2.51. The van der Waals surface area contributed by atoms with Crippen molar-refractivity contribution in [3.8, 4) is 0 Å². The molecule has 0 saturated heterocycles. The van der Waals surface area contributed by atoms with Crippen LogP contribution in [0.5, 0.6) is 0 Å². The Morgan fingerprint density at radius 2 is 1.82 bits per heavy atom. The minimum atomic E-state index is -1.07. The van der Waals surface area contributed by atoms with E-state index in [0.29, 0.717) is 0 Å². The van der Waals surface area contributed by atoms with Gasteiger partial charge in [0.05, 0.1) is 0 Å². The van der Waals surface area contributed by atoms with Crippen LogP contribution in [0.15, 0.2) is 12.2 Å². The molecule has 1 heterocycles. The summed E-state index contributed by atoms with van der Waals surface area (Å²) in [5.41, 5.74) is 4.73. The van der Waals surface area contributed by atoms with Crippen LogP contribution in [0.4, 0.5) is 0 Å². The predicted molar refractivity (Wildman–Crippen MR) is 59.7 cm³/mol. The smallest absolute Gasteiger partial charge is 0.331 e. The van der Waals surface area contributed by atoms with Crippen molar-refractivity contribution >= 4 is 17.8 Å². The van der Waals surface area contributed by atoms with E-state index >= 15 is 0 Å². The molecule has 0 unspecified atom stereocenters. The molecule has 6 heteroatoms. The molecule has 0 aromatic carbocycles. The van der Waals surface area contributed by atoms with Gasteiger partial charge in [0.25, 0.3) is 11.8 Å². The number of ether oxygens (including phenoxy) is 1. The second-order valence-corrected chi connectivity index (χ2v) is 4.66. The van der Waals surface area contributed by atoms with E-state index in [2.05, 4.69) is 0 Å². The summed E-state index contributed by atoms with van der Waals surface area (Å²) in [6.07, 6.45) is 2.21. The third-order valence-corrected chi connectivity index (χ3v) is 2.06. The zero-order valence-electron chi connectivity index (χ0n) is 10.1. The van der Waals surface area contributed by atoms with E-state index in [1.54, 1.807) is 20.8 Å². The third-order valence-electron chi connectivity index (χ3n) is 2.06. The second-order valence-electron chi connectivity index (χ2n) is 4.66. The van der Waals surface area contributed by atoms with Crippen LogP contribution >= 0.6 is 0 Å². The van der Waals surface area contributed by atoms with Crippen LogP contribution in [-0.4, -0.2) is 40.9 Å². The zero-order chi connectivity index (χ0) is 13.2. The van der Waals surface area contributed by atoms with Gasteiger partial charge in [-0.2, -0.15) is 0 Å². The number of hydrogen-bond acceptors (Lipinski definition) is 5. The first-order valence-corrected chi connectivity index (χ1v) is 5.24. The van der Waals surface area contributed by atoms with Gasteiger partial charge in [-0.25, -0.2) is 4.79 Å². The van der Waals surface area contributed by atoms with Crippen LogP contribution in [0.2, 0.25) is 0 Å². The van der Waals surface area contributed by atoms with Gasteiger partial charge in [0.15, 0.2) is 0 Å². The average molecular weight is 240 g/mol. The maximum Gasteiger partial charge on any atom is 0.331 e. The lowest BCUT2D eigenvalue weighted by Gasteiger charge is -2.27.